The van der Waals surface area contributed by atoms with Crippen molar-refractivity contribution < 1.29 is 14.7 Å². The highest BCUT2D eigenvalue weighted by atomic mass is 16.4. The largest absolute Gasteiger partial charge is 0.478 e. The van der Waals surface area contributed by atoms with Crippen LogP contribution < -0.4 is 5.32 Å². The van der Waals surface area contributed by atoms with Crippen LogP contribution in [0.1, 0.15) is 49.0 Å². The summed E-state index contributed by atoms with van der Waals surface area (Å²) in [6.07, 6.45) is 4.70. The molecule has 3 rings (SSSR count). The third kappa shape index (κ3) is 4.42. The monoisotopic (exact) mass is 378 g/mol. The smallest absolute Gasteiger partial charge is 0.336 e. The van der Waals surface area contributed by atoms with E-state index in [1.54, 1.807) is 18.2 Å². The molecule has 5 heteroatoms. The number of unbranched alkanes of at least 4 members (excludes halogenated alkanes) is 1. The van der Waals surface area contributed by atoms with E-state index in [0.717, 1.165) is 36.1 Å². The Bertz CT molecular complexity index is 887. The number of carbonyl (C=O) groups is 2. The van der Waals surface area contributed by atoms with Gasteiger partial charge in [-0.3, -0.25) is 4.79 Å². The Labute approximate surface area is 165 Å². The summed E-state index contributed by atoms with van der Waals surface area (Å²) in [6, 6.07) is 15.0. The molecule has 0 aromatic heterocycles. The van der Waals surface area contributed by atoms with E-state index >= 15 is 0 Å². The first-order chi connectivity index (χ1) is 13.5. The molecule has 0 radical (unpaired) electrons. The van der Waals surface area contributed by atoms with Crippen LogP contribution in [0.3, 0.4) is 0 Å². The van der Waals surface area contributed by atoms with Crippen LogP contribution in [0.2, 0.25) is 0 Å². The number of nitrogens with one attached hydrogen (secondary N) is 1. The number of amides is 1. The highest BCUT2D eigenvalue weighted by Gasteiger charge is 2.24. The molecule has 0 saturated heterocycles. The SMILES string of the molecule is CCCCC1NC(=O)C=C(C)N1Cc1ccc(-c2ccccc2C(=O)O)cc1. The molecule has 0 saturated carbocycles. The number of allylic oxidation sites excluding steroid dienone is 1. The molecule has 0 spiro atoms. The second-order valence-electron chi connectivity index (χ2n) is 7.13. The molecule has 0 fully saturated rings. The van der Waals surface area contributed by atoms with Gasteiger partial charge in [-0.1, -0.05) is 55.8 Å². The molecule has 5 nitrogen and oxygen atoms in total. The maximum absolute atomic E-state index is 11.9. The first kappa shape index (κ1) is 19.7. The van der Waals surface area contributed by atoms with Gasteiger partial charge in [0.2, 0.25) is 5.91 Å². The molecule has 1 heterocycles. The van der Waals surface area contributed by atoms with Crippen LogP contribution in [0.4, 0.5) is 0 Å². The van der Waals surface area contributed by atoms with Gasteiger partial charge in [0.25, 0.3) is 0 Å². The minimum Gasteiger partial charge on any atom is -0.478 e. The van der Waals surface area contributed by atoms with Gasteiger partial charge in [-0.2, -0.15) is 0 Å². The van der Waals surface area contributed by atoms with Gasteiger partial charge < -0.3 is 15.3 Å². The number of benzene rings is 2. The van der Waals surface area contributed by atoms with Gasteiger partial charge in [0.15, 0.2) is 0 Å². The van der Waals surface area contributed by atoms with Gasteiger partial charge in [-0.05, 0) is 42.5 Å². The first-order valence-electron chi connectivity index (χ1n) is 9.66. The minimum atomic E-state index is -0.928. The average Bonchev–Trinajstić information content (AvgIpc) is 2.69. The van der Waals surface area contributed by atoms with Gasteiger partial charge >= 0.3 is 5.97 Å². The number of rotatable bonds is 7. The van der Waals surface area contributed by atoms with Crippen molar-refractivity contribution in [2.45, 2.75) is 45.8 Å². The lowest BCUT2D eigenvalue weighted by atomic mass is 9.98. The molecule has 1 amide bonds. The lowest BCUT2D eigenvalue weighted by molar-refractivity contribution is -0.119. The van der Waals surface area contributed by atoms with Gasteiger partial charge in [-0.15, -0.1) is 0 Å². The molecule has 0 aliphatic carbocycles. The highest BCUT2D eigenvalue weighted by molar-refractivity contribution is 5.96. The minimum absolute atomic E-state index is 0.00450. The van der Waals surface area contributed by atoms with Gasteiger partial charge in [0.05, 0.1) is 5.56 Å². The molecular weight excluding hydrogens is 352 g/mol. The summed E-state index contributed by atoms with van der Waals surface area (Å²) in [5.41, 5.74) is 3.96. The van der Waals surface area contributed by atoms with E-state index < -0.39 is 5.97 Å². The van der Waals surface area contributed by atoms with Crippen molar-refractivity contribution >= 4 is 11.9 Å². The standard InChI is InChI=1S/C23H26N2O3/c1-3-4-9-21-24-22(26)14-16(2)25(21)15-17-10-12-18(13-11-17)19-7-5-6-8-20(19)23(27)28/h5-8,10-14,21H,3-4,9,15H2,1-2H3,(H,24,26)(H,27,28). The van der Waals surface area contributed by atoms with Crippen LogP contribution in [-0.2, 0) is 11.3 Å². The summed E-state index contributed by atoms with van der Waals surface area (Å²) in [5.74, 6) is -0.959. The third-order valence-corrected chi connectivity index (χ3v) is 5.08. The predicted octanol–water partition coefficient (Wildman–Crippen LogP) is 4.40. The summed E-state index contributed by atoms with van der Waals surface area (Å²) in [6.45, 7) is 4.80. The zero-order valence-corrected chi connectivity index (χ0v) is 16.3. The van der Waals surface area contributed by atoms with Crippen molar-refractivity contribution in [2.75, 3.05) is 0 Å². The van der Waals surface area contributed by atoms with E-state index in [1.807, 2.05) is 43.3 Å². The lowest BCUT2D eigenvalue weighted by Crippen LogP contribution is -2.50. The maximum atomic E-state index is 11.9. The summed E-state index contributed by atoms with van der Waals surface area (Å²) >= 11 is 0. The van der Waals surface area contributed by atoms with E-state index in [0.29, 0.717) is 17.7 Å². The summed E-state index contributed by atoms with van der Waals surface area (Å²) < 4.78 is 0. The van der Waals surface area contributed by atoms with Gasteiger partial charge in [0, 0.05) is 18.3 Å². The van der Waals surface area contributed by atoms with Gasteiger partial charge in [-0.25, -0.2) is 4.79 Å². The van der Waals surface area contributed by atoms with Crippen LogP contribution in [0, 0.1) is 0 Å². The van der Waals surface area contributed by atoms with Crippen molar-refractivity contribution in [3.05, 3.63) is 71.4 Å². The number of carboxylic acids is 1. The van der Waals surface area contributed by atoms with E-state index in [4.69, 9.17) is 0 Å². The molecule has 1 unspecified atom stereocenters. The fourth-order valence-corrected chi connectivity index (χ4v) is 3.57. The van der Waals surface area contributed by atoms with E-state index in [9.17, 15) is 14.7 Å². The fraction of sp³-hybridized carbons (Fsp3) is 0.304. The molecule has 2 aromatic carbocycles. The second kappa shape index (κ2) is 8.74. The van der Waals surface area contributed by atoms with E-state index in [2.05, 4.69) is 17.1 Å². The van der Waals surface area contributed by atoms with Crippen molar-refractivity contribution in [3.8, 4) is 11.1 Å². The zero-order valence-electron chi connectivity index (χ0n) is 16.3. The predicted molar refractivity (Wildman–Crippen MR) is 110 cm³/mol. The summed E-state index contributed by atoms with van der Waals surface area (Å²) in [7, 11) is 0. The number of hydrogen-bond donors (Lipinski definition) is 2. The fourth-order valence-electron chi connectivity index (χ4n) is 3.57. The van der Waals surface area contributed by atoms with Crippen LogP contribution in [0.5, 0.6) is 0 Å². The van der Waals surface area contributed by atoms with Crippen molar-refractivity contribution in [2.24, 2.45) is 0 Å². The summed E-state index contributed by atoms with van der Waals surface area (Å²) in [5, 5.41) is 12.5. The molecular formula is C23H26N2O3. The Kier molecular flexibility index (Phi) is 6.14. The molecule has 1 aliphatic rings. The molecule has 1 atom stereocenters. The number of nitrogens with zero attached hydrogens (tertiary/aromatic N) is 1. The second-order valence-corrected chi connectivity index (χ2v) is 7.13. The zero-order chi connectivity index (χ0) is 20.1. The topological polar surface area (TPSA) is 69.6 Å². The normalized spacial score (nSPS) is 16.5. The van der Waals surface area contributed by atoms with E-state index in [1.165, 1.54) is 0 Å². The first-order valence-corrected chi connectivity index (χ1v) is 9.66. The Hall–Kier alpha value is -3.08. The van der Waals surface area contributed by atoms with Crippen molar-refractivity contribution in [1.29, 1.82) is 0 Å². The molecule has 146 valence electrons. The average molecular weight is 378 g/mol. The van der Waals surface area contributed by atoms with Crippen LogP contribution in [-0.4, -0.2) is 28.0 Å². The number of aromatic carboxylic acids is 1. The molecule has 2 N–H and O–H groups in total. The van der Waals surface area contributed by atoms with Crippen molar-refractivity contribution in [1.82, 2.24) is 10.2 Å². The van der Waals surface area contributed by atoms with Crippen LogP contribution in [0.25, 0.3) is 11.1 Å². The molecule has 2 aromatic rings. The van der Waals surface area contributed by atoms with Crippen LogP contribution >= 0.6 is 0 Å². The lowest BCUT2D eigenvalue weighted by Gasteiger charge is -2.37. The number of carbonyl (C=O) groups excluding carboxylic acids is 1. The molecule has 0 bridgehead atoms. The third-order valence-electron chi connectivity index (χ3n) is 5.08. The number of carboxylic acid groups (broad SMARTS) is 1. The molecule has 28 heavy (non-hydrogen) atoms. The quantitative estimate of drug-likeness (QED) is 0.749. The van der Waals surface area contributed by atoms with Crippen LogP contribution in [0.15, 0.2) is 60.3 Å². The van der Waals surface area contributed by atoms with Crippen molar-refractivity contribution in [3.63, 3.8) is 0 Å². The highest BCUT2D eigenvalue weighted by Crippen LogP contribution is 2.26. The summed E-state index contributed by atoms with van der Waals surface area (Å²) in [4.78, 5) is 25.6. The Balaban J connectivity index is 1.81. The Morgan fingerprint density at radius 1 is 1.14 bits per heavy atom. The van der Waals surface area contributed by atoms with E-state index in [-0.39, 0.29) is 12.1 Å². The Morgan fingerprint density at radius 2 is 1.86 bits per heavy atom. The maximum Gasteiger partial charge on any atom is 0.336 e. The Morgan fingerprint density at radius 3 is 2.54 bits per heavy atom. The van der Waals surface area contributed by atoms with Gasteiger partial charge in [0.1, 0.15) is 6.17 Å². The molecule has 1 aliphatic heterocycles. The number of hydrogen-bond acceptors (Lipinski definition) is 3.